The van der Waals surface area contributed by atoms with Gasteiger partial charge in [0, 0.05) is 30.6 Å². The SMILES string of the molecule is CC(C)(C)NS(=O)(=O)c1ccccc1NC(=O)c1ccc(CN2CCCC2=O)cc1. The minimum Gasteiger partial charge on any atom is -0.338 e. The molecule has 7 nitrogen and oxygen atoms in total. The first kappa shape index (κ1) is 22.0. The molecule has 0 radical (unpaired) electrons. The maximum absolute atomic E-state index is 12.7. The Labute approximate surface area is 177 Å². The molecule has 1 heterocycles. The van der Waals surface area contributed by atoms with Gasteiger partial charge in [-0.25, -0.2) is 13.1 Å². The summed E-state index contributed by atoms with van der Waals surface area (Å²) in [5.41, 5.74) is 0.912. The molecule has 0 aliphatic carbocycles. The molecule has 1 saturated heterocycles. The van der Waals surface area contributed by atoms with E-state index in [-0.39, 0.29) is 16.5 Å². The van der Waals surface area contributed by atoms with Crippen LogP contribution in [0.4, 0.5) is 5.69 Å². The van der Waals surface area contributed by atoms with E-state index in [0.29, 0.717) is 18.5 Å². The maximum atomic E-state index is 12.7. The van der Waals surface area contributed by atoms with Crippen molar-refractivity contribution in [3.63, 3.8) is 0 Å². The van der Waals surface area contributed by atoms with Crippen LogP contribution in [0.5, 0.6) is 0 Å². The van der Waals surface area contributed by atoms with Gasteiger partial charge in [0.2, 0.25) is 15.9 Å². The van der Waals surface area contributed by atoms with Gasteiger partial charge in [-0.2, -0.15) is 0 Å². The minimum atomic E-state index is -3.80. The molecule has 1 fully saturated rings. The van der Waals surface area contributed by atoms with E-state index in [2.05, 4.69) is 10.0 Å². The van der Waals surface area contributed by atoms with Crippen LogP contribution in [0.3, 0.4) is 0 Å². The molecule has 0 spiro atoms. The second-order valence-corrected chi connectivity index (χ2v) is 10.1. The van der Waals surface area contributed by atoms with Gasteiger partial charge in [-0.05, 0) is 57.0 Å². The number of hydrogen-bond donors (Lipinski definition) is 2. The minimum absolute atomic E-state index is 0.0115. The third kappa shape index (κ3) is 5.46. The van der Waals surface area contributed by atoms with Crippen molar-refractivity contribution in [2.45, 2.75) is 50.6 Å². The molecule has 2 N–H and O–H groups in total. The first-order chi connectivity index (χ1) is 14.0. The summed E-state index contributed by atoms with van der Waals surface area (Å²) < 4.78 is 28.1. The Morgan fingerprint density at radius 1 is 1.07 bits per heavy atom. The molecule has 0 bridgehead atoms. The molecule has 3 rings (SSSR count). The molecule has 0 atom stereocenters. The topological polar surface area (TPSA) is 95.6 Å². The zero-order chi connectivity index (χ0) is 21.9. The van der Waals surface area contributed by atoms with Gasteiger partial charge in [0.05, 0.1) is 5.69 Å². The molecule has 8 heteroatoms. The maximum Gasteiger partial charge on any atom is 0.255 e. The third-order valence-electron chi connectivity index (χ3n) is 4.63. The zero-order valence-electron chi connectivity index (χ0n) is 17.4. The average molecular weight is 430 g/mol. The number of amides is 2. The van der Waals surface area contributed by atoms with E-state index in [0.717, 1.165) is 18.5 Å². The summed E-state index contributed by atoms with van der Waals surface area (Å²) in [7, 11) is -3.80. The van der Waals surface area contributed by atoms with E-state index in [9.17, 15) is 18.0 Å². The van der Waals surface area contributed by atoms with Crippen LogP contribution in [-0.2, 0) is 21.4 Å². The Morgan fingerprint density at radius 2 is 1.73 bits per heavy atom. The Balaban J connectivity index is 1.74. The molecular formula is C22H27N3O4S. The van der Waals surface area contributed by atoms with Gasteiger partial charge in [0.25, 0.3) is 5.91 Å². The van der Waals surface area contributed by atoms with Crippen molar-refractivity contribution < 1.29 is 18.0 Å². The lowest BCUT2D eigenvalue weighted by Gasteiger charge is -2.21. The zero-order valence-corrected chi connectivity index (χ0v) is 18.3. The van der Waals surface area contributed by atoms with Crippen LogP contribution in [-0.4, -0.2) is 37.2 Å². The van der Waals surface area contributed by atoms with Crippen molar-refractivity contribution in [2.75, 3.05) is 11.9 Å². The van der Waals surface area contributed by atoms with Gasteiger partial charge < -0.3 is 10.2 Å². The molecular weight excluding hydrogens is 402 g/mol. The number of likely N-dealkylation sites (tertiary alicyclic amines) is 1. The van der Waals surface area contributed by atoms with Crippen molar-refractivity contribution in [3.05, 3.63) is 59.7 Å². The lowest BCUT2D eigenvalue weighted by molar-refractivity contribution is -0.128. The van der Waals surface area contributed by atoms with Crippen molar-refractivity contribution in [3.8, 4) is 0 Å². The first-order valence-electron chi connectivity index (χ1n) is 9.86. The summed E-state index contributed by atoms with van der Waals surface area (Å²) in [6.07, 6.45) is 1.47. The van der Waals surface area contributed by atoms with E-state index < -0.39 is 21.5 Å². The number of anilines is 1. The molecule has 0 saturated carbocycles. The molecule has 1 aliphatic rings. The number of para-hydroxylation sites is 1. The smallest absolute Gasteiger partial charge is 0.255 e. The normalized spacial score (nSPS) is 14.8. The summed E-state index contributed by atoms with van der Waals surface area (Å²) >= 11 is 0. The van der Waals surface area contributed by atoms with Gasteiger partial charge in [-0.3, -0.25) is 9.59 Å². The highest BCUT2D eigenvalue weighted by Crippen LogP contribution is 2.23. The highest BCUT2D eigenvalue weighted by atomic mass is 32.2. The Kier molecular flexibility index (Phi) is 6.28. The number of carbonyl (C=O) groups excluding carboxylic acids is 2. The van der Waals surface area contributed by atoms with Crippen LogP contribution in [0.2, 0.25) is 0 Å². The third-order valence-corrected chi connectivity index (χ3v) is 6.44. The summed E-state index contributed by atoms with van der Waals surface area (Å²) in [5.74, 6) is -0.254. The Bertz CT molecular complexity index is 1040. The van der Waals surface area contributed by atoms with E-state index >= 15 is 0 Å². The van der Waals surface area contributed by atoms with E-state index in [1.807, 2.05) is 12.1 Å². The lowest BCUT2D eigenvalue weighted by atomic mass is 10.1. The van der Waals surface area contributed by atoms with E-state index in [1.165, 1.54) is 6.07 Å². The molecule has 30 heavy (non-hydrogen) atoms. The fourth-order valence-electron chi connectivity index (χ4n) is 3.31. The second kappa shape index (κ2) is 8.57. The first-order valence-corrected chi connectivity index (χ1v) is 11.3. The van der Waals surface area contributed by atoms with Gasteiger partial charge in [-0.15, -0.1) is 0 Å². The molecule has 160 valence electrons. The van der Waals surface area contributed by atoms with Crippen molar-refractivity contribution in [2.24, 2.45) is 0 Å². The summed E-state index contributed by atoms with van der Waals surface area (Å²) in [6.45, 7) is 6.55. The molecule has 2 amide bonds. The van der Waals surface area contributed by atoms with Crippen LogP contribution in [0.15, 0.2) is 53.4 Å². The summed E-state index contributed by atoms with van der Waals surface area (Å²) in [4.78, 5) is 26.3. The molecule has 1 aliphatic heterocycles. The Hall–Kier alpha value is -2.71. The fraction of sp³-hybridized carbons (Fsp3) is 0.364. The number of hydrogen-bond acceptors (Lipinski definition) is 4. The largest absolute Gasteiger partial charge is 0.338 e. The van der Waals surface area contributed by atoms with Crippen molar-refractivity contribution in [1.82, 2.24) is 9.62 Å². The number of benzene rings is 2. The number of rotatable bonds is 6. The van der Waals surface area contributed by atoms with E-state index in [1.54, 1.807) is 56.0 Å². The van der Waals surface area contributed by atoms with Gasteiger partial charge in [-0.1, -0.05) is 24.3 Å². The van der Waals surface area contributed by atoms with Gasteiger partial charge in [0.1, 0.15) is 4.90 Å². The van der Waals surface area contributed by atoms with Gasteiger partial charge >= 0.3 is 0 Å². The predicted molar refractivity (Wildman–Crippen MR) is 116 cm³/mol. The molecule has 0 aromatic heterocycles. The fourth-order valence-corrected chi connectivity index (χ4v) is 4.89. The Morgan fingerprint density at radius 3 is 2.33 bits per heavy atom. The van der Waals surface area contributed by atoms with Crippen LogP contribution >= 0.6 is 0 Å². The monoisotopic (exact) mass is 429 g/mol. The summed E-state index contributed by atoms with van der Waals surface area (Å²) in [5, 5.41) is 2.70. The number of nitrogens with zero attached hydrogens (tertiary/aromatic N) is 1. The number of carbonyl (C=O) groups is 2. The van der Waals surface area contributed by atoms with Crippen LogP contribution in [0, 0.1) is 0 Å². The molecule has 2 aromatic rings. The quantitative estimate of drug-likeness (QED) is 0.737. The van der Waals surface area contributed by atoms with E-state index in [4.69, 9.17) is 0 Å². The molecule has 2 aromatic carbocycles. The number of nitrogens with one attached hydrogen (secondary N) is 2. The van der Waals surface area contributed by atoms with Gasteiger partial charge in [0.15, 0.2) is 0 Å². The van der Waals surface area contributed by atoms with Crippen LogP contribution in [0.25, 0.3) is 0 Å². The highest BCUT2D eigenvalue weighted by molar-refractivity contribution is 7.89. The van der Waals surface area contributed by atoms with Crippen LogP contribution in [0.1, 0.15) is 49.5 Å². The second-order valence-electron chi connectivity index (χ2n) is 8.42. The number of sulfonamides is 1. The predicted octanol–water partition coefficient (Wildman–Crippen LogP) is 3.14. The standard InChI is InChI=1S/C22H27N3O4S/c1-22(2,3)24-30(28,29)19-8-5-4-7-18(19)23-21(27)17-12-10-16(11-13-17)15-25-14-6-9-20(25)26/h4-5,7-8,10-13,24H,6,9,14-15H2,1-3H3,(H,23,27). The molecule has 0 unspecified atom stereocenters. The average Bonchev–Trinajstić information content (AvgIpc) is 3.05. The summed E-state index contributed by atoms with van der Waals surface area (Å²) in [6, 6.07) is 13.3. The van der Waals surface area contributed by atoms with Crippen molar-refractivity contribution >= 4 is 27.5 Å². The van der Waals surface area contributed by atoms with Crippen LogP contribution < -0.4 is 10.0 Å². The lowest BCUT2D eigenvalue weighted by Crippen LogP contribution is -2.40. The van der Waals surface area contributed by atoms with Crippen molar-refractivity contribution in [1.29, 1.82) is 0 Å². The highest BCUT2D eigenvalue weighted by Gasteiger charge is 2.25.